The van der Waals surface area contributed by atoms with Crippen LogP contribution < -0.4 is 16.0 Å². The van der Waals surface area contributed by atoms with E-state index >= 15 is 0 Å². The minimum absolute atomic E-state index is 0.204. The van der Waals surface area contributed by atoms with Crippen molar-refractivity contribution in [2.45, 2.75) is 31.5 Å². The second kappa shape index (κ2) is 9.78. The maximum atomic E-state index is 6.48. The lowest BCUT2D eigenvalue weighted by Crippen LogP contribution is -2.35. The maximum Gasteiger partial charge on any atom is 0.0693 e. The van der Waals surface area contributed by atoms with Gasteiger partial charge in [-0.2, -0.15) is 0 Å². The van der Waals surface area contributed by atoms with Crippen molar-refractivity contribution in [3.8, 4) is 0 Å². The third-order valence-electron chi connectivity index (χ3n) is 6.20. The normalized spacial score (nSPS) is 17.0. The molecule has 0 bridgehead atoms. The molecular weight excluding hydrogens is 416 g/mol. The van der Waals surface area contributed by atoms with Crippen LogP contribution in [0.5, 0.6) is 0 Å². The Hall–Kier alpha value is -2.79. The SMILES string of the molecule is Clc1cc(NCc2ccccc2)c2[nH]c([C@@H](Cc3ccccc3)NC3CCNC3)cc2c1. The first-order chi connectivity index (χ1) is 15.7. The van der Waals surface area contributed by atoms with E-state index in [1.165, 1.54) is 16.8 Å². The number of anilines is 1. The van der Waals surface area contributed by atoms with Crippen LogP contribution in [0, 0.1) is 0 Å². The van der Waals surface area contributed by atoms with Gasteiger partial charge in [0.1, 0.15) is 0 Å². The van der Waals surface area contributed by atoms with E-state index in [0.717, 1.165) is 54.1 Å². The third kappa shape index (κ3) is 4.99. The largest absolute Gasteiger partial charge is 0.379 e. The maximum absolute atomic E-state index is 6.48. The summed E-state index contributed by atoms with van der Waals surface area (Å²) in [5.41, 5.74) is 5.90. The molecule has 0 saturated carbocycles. The standard InChI is InChI=1S/C27H29ClN4/c28-22-14-21-15-25(32-27(21)26(16-22)30-17-20-9-5-2-6-10-20)24(31-23-11-12-29-18-23)13-19-7-3-1-4-8-19/h1-10,14-16,23-24,29-32H,11-13,17-18H2/t23?,24-/m1/s1. The molecule has 0 aliphatic carbocycles. The van der Waals surface area contributed by atoms with Gasteiger partial charge >= 0.3 is 0 Å². The van der Waals surface area contributed by atoms with E-state index in [1.54, 1.807) is 0 Å². The molecule has 5 heteroatoms. The first kappa shape index (κ1) is 21.1. The number of aromatic amines is 1. The summed E-state index contributed by atoms with van der Waals surface area (Å²) in [6, 6.07) is 28.1. The number of halogens is 1. The predicted octanol–water partition coefficient (Wildman–Crippen LogP) is 5.67. The lowest BCUT2D eigenvalue weighted by molar-refractivity contribution is 0.446. The van der Waals surface area contributed by atoms with Crippen LogP contribution in [0.3, 0.4) is 0 Å². The Morgan fingerprint density at radius 3 is 2.41 bits per heavy atom. The number of aromatic nitrogens is 1. The van der Waals surface area contributed by atoms with Gasteiger partial charge in [-0.15, -0.1) is 0 Å². The van der Waals surface area contributed by atoms with E-state index < -0.39 is 0 Å². The number of hydrogen-bond acceptors (Lipinski definition) is 3. The first-order valence-electron chi connectivity index (χ1n) is 11.4. The van der Waals surface area contributed by atoms with Crippen LogP contribution in [0.1, 0.15) is 29.3 Å². The van der Waals surface area contributed by atoms with Gasteiger partial charge in [0, 0.05) is 35.2 Å². The van der Waals surface area contributed by atoms with Gasteiger partial charge in [0.05, 0.1) is 17.2 Å². The molecule has 164 valence electrons. The highest BCUT2D eigenvalue weighted by Gasteiger charge is 2.22. The number of fused-ring (bicyclic) bond motifs is 1. The Morgan fingerprint density at radius 2 is 1.69 bits per heavy atom. The molecule has 1 saturated heterocycles. The molecule has 4 aromatic rings. The number of hydrogen-bond donors (Lipinski definition) is 4. The molecule has 4 nitrogen and oxygen atoms in total. The fourth-order valence-corrected chi connectivity index (χ4v) is 4.77. The first-order valence-corrected chi connectivity index (χ1v) is 11.7. The lowest BCUT2D eigenvalue weighted by Gasteiger charge is -2.22. The number of nitrogens with one attached hydrogen (secondary N) is 4. The highest BCUT2D eigenvalue weighted by molar-refractivity contribution is 6.31. The molecular formula is C27H29ClN4. The molecule has 0 amide bonds. The van der Waals surface area contributed by atoms with Crippen molar-refractivity contribution >= 4 is 28.2 Å². The second-order valence-corrected chi connectivity index (χ2v) is 9.02. The topological polar surface area (TPSA) is 51.9 Å². The number of benzene rings is 3. The summed E-state index contributed by atoms with van der Waals surface area (Å²) in [6.07, 6.45) is 2.09. The van der Waals surface area contributed by atoms with E-state index in [2.05, 4.69) is 81.6 Å². The highest BCUT2D eigenvalue weighted by atomic mass is 35.5. The Labute approximate surface area is 194 Å². The van der Waals surface area contributed by atoms with Gasteiger partial charge in [-0.3, -0.25) is 0 Å². The van der Waals surface area contributed by atoms with Gasteiger partial charge in [0.15, 0.2) is 0 Å². The zero-order chi connectivity index (χ0) is 21.8. The molecule has 2 heterocycles. The van der Waals surface area contributed by atoms with Crippen LogP contribution in [0.25, 0.3) is 10.9 Å². The summed E-state index contributed by atoms with van der Waals surface area (Å²) in [4.78, 5) is 3.72. The van der Waals surface area contributed by atoms with E-state index in [4.69, 9.17) is 11.6 Å². The molecule has 32 heavy (non-hydrogen) atoms. The van der Waals surface area contributed by atoms with Crippen LogP contribution >= 0.6 is 11.6 Å². The van der Waals surface area contributed by atoms with Crippen LogP contribution in [-0.4, -0.2) is 24.1 Å². The fourth-order valence-electron chi connectivity index (χ4n) is 4.54. The average molecular weight is 445 g/mol. The molecule has 1 aliphatic heterocycles. The summed E-state index contributed by atoms with van der Waals surface area (Å²) in [5, 5.41) is 12.8. The van der Waals surface area contributed by atoms with E-state index in [-0.39, 0.29) is 6.04 Å². The smallest absolute Gasteiger partial charge is 0.0693 e. The molecule has 1 aliphatic rings. The van der Waals surface area contributed by atoms with Gasteiger partial charge in [0.2, 0.25) is 0 Å². The summed E-state index contributed by atoms with van der Waals surface area (Å²) < 4.78 is 0. The van der Waals surface area contributed by atoms with Crippen molar-refractivity contribution in [2.24, 2.45) is 0 Å². The van der Waals surface area contributed by atoms with Crippen molar-refractivity contribution in [1.82, 2.24) is 15.6 Å². The van der Waals surface area contributed by atoms with Crippen LogP contribution in [0.4, 0.5) is 5.69 Å². The molecule has 2 atom stereocenters. The summed E-state index contributed by atoms with van der Waals surface area (Å²) in [7, 11) is 0. The Balaban J connectivity index is 1.44. The van der Waals surface area contributed by atoms with Crippen LogP contribution in [-0.2, 0) is 13.0 Å². The Bertz CT molecular complexity index is 1150. The van der Waals surface area contributed by atoms with E-state index in [9.17, 15) is 0 Å². The molecule has 1 aromatic heterocycles. The van der Waals surface area contributed by atoms with Gasteiger partial charge in [0.25, 0.3) is 0 Å². The van der Waals surface area contributed by atoms with E-state index in [0.29, 0.717) is 6.04 Å². The molecule has 1 unspecified atom stereocenters. The molecule has 1 fully saturated rings. The monoisotopic (exact) mass is 444 g/mol. The lowest BCUT2D eigenvalue weighted by atomic mass is 10.0. The minimum atomic E-state index is 0.204. The fraction of sp³-hybridized carbons (Fsp3) is 0.259. The van der Waals surface area contributed by atoms with Crippen molar-refractivity contribution < 1.29 is 0 Å². The summed E-state index contributed by atoms with van der Waals surface area (Å²) >= 11 is 6.48. The van der Waals surface area contributed by atoms with Crippen molar-refractivity contribution in [1.29, 1.82) is 0 Å². The van der Waals surface area contributed by atoms with Gasteiger partial charge in [-0.25, -0.2) is 0 Å². The molecule has 0 radical (unpaired) electrons. The molecule has 3 aromatic carbocycles. The Morgan fingerprint density at radius 1 is 0.938 bits per heavy atom. The summed E-state index contributed by atoms with van der Waals surface area (Å²) in [5.74, 6) is 0. The zero-order valence-corrected chi connectivity index (χ0v) is 18.8. The van der Waals surface area contributed by atoms with Crippen molar-refractivity contribution in [3.63, 3.8) is 0 Å². The molecule has 0 spiro atoms. The molecule has 4 N–H and O–H groups in total. The quantitative estimate of drug-likeness (QED) is 0.283. The van der Waals surface area contributed by atoms with Crippen molar-refractivity contribution in [2.75, 3.05) is 18.4 Å². The minimum Gasteiger partial charge on any atom is -0.379 e. The number of rotatable bonds is 8. The average Bonchev–Trinajstić information content (AvgIpc) is 3.48. The summed E-state index contributed by atoms with van der Waals surface area (Å²) in [6.45, 7) is 2.84. The van der Waals surface area contributed by atoms with Gasteiger partial charge in [-0.05, 0) is 48.7 Å². The van der Waals surface area contributed by atoms with Crippen LogP contribution in [0.15, 0.2) is 78.9 Å². The highest BCUT2D eigenvalue weighted by Crippen LogP contribution is 2.32. The number of H-pyrrole nitrogens is 1. The van der Waals surface area contributed by atoms with E-state index in [1.807, 2.05) is 18.2 Å². The Kier molecular flexibility index (Phi) is 6.44. The van der Waals surface area contributed by atoms with Gasteiger partial charge in [-0.1, -0.05) is 72.3 Å². The third-order valence-corrected chi connectivity index (χ3v) is 6.41. The molecule has 5 rings (SSSR count). The zero-order valence-electron chi connectivity index (χ0n) is 18.1. The van der Waals surface area contributed by atoms with Crippen LogP contribution in [0.2, 0.25) is 5.02 Å². The van der Waals surface area contributed by atoms with Gasteiger partial charge < -0.3 is 20.9 Å². The predicted molar refractivity (Wildman–Crippen MR) is 134 cm³/mol. The second-order valence-electron chi connectivity index (χ2n) is 8.58. The van der Waals surface area contributed by atoms with Crippen molar-refractivity contribution in [3.05, 3.63) is 101 Å².